The van der Waals surface area contributed by atoms with Crippen LogP contribution in [0, 0.1) is 0 Å². The van der Waals surface area contributed by atoms with Crippen molar-refractivity contribution in [3.63, 3.8) is 0 Å². The Balaban J connectivity index is 2.08. The molecule has 0 aliphatic carbocycles. The predicted octanol–water partition coefficient (Wildman–Crippen LogP) is 1.39. The number of aliphatic hydroxyl groups excluding tert-OH is 1. The van der Waals surface area contributed by atoms with E-state index in [-0.39, 0.29) is 18.7 Å². The normalized spacial score (nSPS) is 20.7. The van der Waals surface area contributed by atoms with Crippen molar-refractivity contribution in [1.82, 2.24) is 4.90 Å². The summed E-state index contributed by atoms with van der Waals surface area (Å²) in [6, 6.07) is 9.58. The molecule has 4 nitrogen and oxygen atoms in total. The Bertz CT molecular complexity index is 353. The zero-order chi connectivity index (χ0) is 11.4. The second-order valence-corrected chi connectivity index (χ2v) is 3.85. The standard InChI is InChI=1S/C12H15NO3/c14-9-11-6-7-16-12(15)13(11)8-10-4-2-1-3-5-10/h1-5,11,14H,6-9H2. The van der Waals surface area contributed by atoms with E-state index in [1.54, 1.807) is 4.90 Å². The third-order valence-electron chi connectivity index (χ3n) is 2.76. The molecule has 1 fully saturated rings. The van der Waals surface area contributed by atoms with Gasteiger partial charge < -0.3 is 9.84 Å². The Hall–Kier alpha value is -1.55. The summed E-state index contributed by atoms with van der Waals surface area (Å²) in [6.07, 6.45) is 0.351. The van der Waals surface area contributed by atoms with Gasteiger partial charge in [0.15, 0.2) is 0 Å². The molecule has 2 rings (SSSR count). The van der Waals surface area contributed by atoms with Crippen LogP contribution in [-0.2, 0) is 11.3 Å². The summed E-state index contributed by atoms with van der Waals surface area (Å²) >= 11 is 0. The van der Waals surface area contributed by atoms with E-state index >= 15 is 0 Å². The van der Waals surface area contributed by atoms with Crippen molar-refractivity contribution in [1.29, 1.82) is 0 Å². The highest BCUT2D eigenvalue weighted by atomic mass is 16.6. The molecule has 1 aliphatic heterocycles. The van der Waals surface area contributed by atoms with Crippen molar-refractivity contribution in [2.45, 2.75) is 19.0 Å². The first-order chi connectivity index (χ1) is 7.81. The highest BCUT2D eigenvalue weighted by molar-refractivity contribution is 5.68. The molecule has 1 atom stereocenters. The predicted molar refractivity (Wildman–Crippen MR) is 58.8 cm³/mol. The molecule has 0 radical (unpaired) electrons. The molecular weight excluding hydrogens is 206 g/mol. The summed E-state index contributed by atoms with van der Waals surface area (Å²) in [7, 11) is 0. The third-order valence-corrected chi connectivity index (χ3v) is 2.76. The second kappa shape index (κ2) is 4.99. The number of carbonyl (C=O) groups excluding carboxylic acids is 1. The average molecular weight is 221 g/mol. The quantitative estimate of drug-likeness (QED) is 0.839. The molecule has 1 unspecified atom stereocenters. The molecule has 16 heavy (non-hydrogen) atoms. The zero-order valence-electron chi connectivity index (χ0n) is 9.00. The first-order valence-electron chi connectivity index (χ1n) is 5.39. The van der Waals surface area contributed by atoms with E-state index in [0.717, 1.165) is 5.56 Å². The van der Waals surface area contributed by atoms with Crippen molar-refractivity contribution >= 4 is 6.09 Å². The number of nitrogens with zero attached hydrogens (tertiary/aromatic N) is 1. The maximum absolute atomic E-state index is 11.6. The van der Waals surface area contributed by atoms with E-state index in [2.05, 4.69) is 0 Å². The molecule has 1 aromatic rings. The molecule has 1 saturated heterocycles. The molecule has 86 valence electrons. The summed E-state index contributed by atoms with van der Waals surface area (Å²) in [5.41, 5.74) is 1.04. The number of carbonyl (C=O) groups is 1. The lowest BCUT2D eigenvalue weighted by Gasteiger charge is -2.33. The van der Waals surface area contributed by atoms with Gasteiger partial charge in [-0.3, -0.25) is 4.90 Å². The van der Waals surface area contributed by atoms with Gasteiger partial charge in [-0.05, 0) is 5.56 Å². The molecule has 0 aromatic heterocycles. The van der Waals surface area contributed by atoms with Gasteiger partial charge in [0.25, 0.3) is 0 Å². The van der Waals surface area contributed by atoms with Gasteiger partial charge in [0, 0.05) is 13.0 Å². The van der Waals surface area contributed by atoms with E-state index < -0.39 is 0 Å². The van der Waals surface area contributed by atoms with Gasteiger partial charge in [0.1, 0.15) is 0 Å². The average Bonchev–Trinajstić information content (AvgIpc) is 2.33. The van der Waals surface area contributed by atoms with Crippen LogP contribution in [0.15, 0.2) is 30.3 Å². The van der Waals surface area contributed by atoms with E-state index in [0.29, 0.717) is 19.6 Å². The Morgan fingerprint density at radius 2 is 2.12 bits per heavy atom. The molecule has 0 bridgehead atoms. The van der Waals surface area contributed by atoms with Crippen LogP contribution < -0.4 is 0 Å². The van der Waals surface area contributed by atoms with Crippen LogP contribution in [0.2, 0.25) is 0 Å². The largest absolute Gasteiger partial charge is 0.449 e. The summed E-state index contributed by atoms with van der Waals surface area (Å²) < 4.78 is 4.97. The molecule has 1 aliphatic rings. The topological polar surface area (TPSA) is 49.8 Å². The lowest BCUT2D eigenvalue weighted by atomic mass is 10.1. The molecule has 1 aromatic carbocycles. The van der Waals surface area contributed by atoms with Crippen LogP contribution in [-0.4, -0.2) is 35.4 Å². The smallest absolute Gasteiger partial charge is 0.410 e. The van der Waals surface area contributed by atoms with E-state index in [9.17, 15) is 9.90 Å². The minimum Gasteiger partial charge on any atom is -0.449 e. The second-order valence-electron chi connectivity index (χ2n) is 3.85. The molecule has 0 spiro atoms. The molecular formula is C12H15NO3. The van der Waals surface area contributed by atoms with Gasteiger partial charge in [-0.1, -0.05) is 30.3 Å². The summed E-state index contributed by atoms with van der Waals surface area (Å²) in [6.45, 7) is 0.877. The number of ether oxygens (including phenoxy) is 1. The van der Waals surface area contributed by atoms with Gasteiger partial charge >= 0.3 is 6.09 Å². The van der Waals surface area contributed by atoms with Gasteiger partial charge in [-0.25, -0.2) is 4.79 Å². The van der Waals surface area contributed by atoms with Crippen molar-refractivity contribution < 1.29 is 14.6 Å². The Morgan fingerprint density at radius 1 is 1.38 bits per heavy atom. The maximum Gasteiger partial charge on any atom is 0.410 e. The molecule has 1 N–H and O–H groups in total. The highest BCUT2D eigenvalue weighted by Gasteiger charge is 2.28. The zero-order valence-corrected chi connectivity index (χ0v) is 9.00. The van der Waals surface area contributed by atoms with Crippen molar-refractivity contribution in [3.05, 3.63) is 35.9 Å². The van der Waals surface area contributed by atoms with Crippen molar-refractivity contribution in [2.24, 2.45) is 0 Å². The number of benzene rings is 1. The number of rotatable bonds is 3. The first-order valence-corrected chi connectivity index (χ1v) is 5.39. The number of hydrogen-bond donors (Lipinski definition) is 1. The van der Waals surface area contributed by atoms with E-state index in [1.807, 2.05) is 30.3 Å². The van der Waals surface area contributed by atoms with Crippen LogP contribution in [0.5, 0.6) is 0 Å². The number of hydrogen-bond acceptors (Lipinski definition) is 3. The van der Waals surface area contributed by atoms with Gasteiger partial charge in [0.05, 0.1) is 19.3 Å². The Labute approximate surface area is 94.4 Å². The minimum absolute atomic E-state index is 0.0120. The Morgan fingerprint density at radius 3 is 2.81 bits per heavy atom. The summed E-state index contributed by atoms with van der Waals surface area (Å²) in [5.74, 6) is 0. The van der Waals surface area contributed by atoms with Gasteiger partial charge in [0.2, 0.25) is 0 Å². The van der Waals surface area contributed by atoms with E-state index in [1.165, 1.54) is 0 Å². The lowest BCUT2D eigenvalue weighted by Crippen LogP contribution is -2.46. The molecule has 4 heteroatoms. The fourth-order valence-corrected chi connectivity index (χ4v) is 1.83. The third kappa shape index (κ3) is 2.33. The number of amides is 1. The fourth-order valence-electron chi connectivity index (χ4n) is 1.83. The highest BCUT2D eigenvalue weighted by Crippen LogP contribution is 2.16. The molecule has 0 saturated carbocycles. The van der Waals surface area contributed by atoms with Crippen LogP contribution in [0.4, 0.5) is 4.79 Å². The van der Waals surface area contributed by atoms with Crippen LogP contribution in [0.3, 0.4) is 0 Å². The fraction of sp³-hybridized carbons (Fsp3) is 0.417. The maximum atomic E-state index is 11.6. The SMILES string of the molecule is O=C1OCCC(CO)N1Cc1ccccc1. The van der Waals surface area contributed by atoms with Gasteiger partial charge in [-0.2, -0.15) is 0 Å². The monoisotopic (exact) mass is 221 g/mol. The number of aliphatic hydroxyl groups is 1. The first kappa shape index (κ1) is 11.0. The number of cyclic esters (lactones) is 1. The van der Waals surface area contributed by atoms with Crippen LogP contribution in [0.1, 0.15) is 12.0 Å². The van der Waals surface area contributed by atoms with E-state index in [4.69, 9.17) is 4.74 Å². The summed E-state index contributed by atoms with van der Waals surface area (Å²) in [4.78, 5) is 13.1. The van der Waals surface area contributed by atoms with Gasteiger partial charge in [-0.15, -0.1) is 0 Å². The summed E-state index contributed by atoms with van der Waals surface area (Å²) in [5, 5.41) is 9.21. The lowest BCUT2D eigenvalue weighted by molar-refractivity contribution is 0.0216. The van der Waals surface area contributed by atoms with Crippen LogP contribution >= 0.6 is 0 Å². The van der Waals surface area contributed by atoms with Crippen LogP contribution in [0.25, 0.3) is 0 Å². The Kier molecular flexibility index (Phi) is 3.41. The van der Waals surface area contributed by atoms with Crippen molar-refractivity contribution in [3.8, 4) is 0 Å². The van der Waals surface area contributed by atoms with Crippen molar-refractivity contribution in [2.75, 3.05) is 13.2 Å². The molecule has 1 amide bonds. The molecule has 1 heterocycles. The minimum atomic E-state index is -0.339.